The van der Waals surface area contributed by atoms with Crippen LogP contribution in [0, 0.1) is 0 Å². The molecule has 2 rings (SSSR count). The Morgan fingerprint density at radius 2 is 2.31 bits per heavy atom. The molecule has 2 heterocycles. The second kappa shape index (κ2) is 4.48. The summed E-state index contributed by atoms with van der Waals surface area (Å²) in [4.78, 5) is 0. The summed E-state index contributed by atoms with van der Waals surface area (Å²) >= 11 is 2.89. The molecule has 0 saturated heterocycles. The van der Waals surface area contributed by atoms with Crippen LogP contribution in [0.15, 0.2) is 33.1 Å². The van der Waals surface area contributed by atoms with Gasteiger partial charge in [-0.2, -0.15) is 0 Å². The fourth-order valence-corrected chi connectivity index (χ4v) is 4.93. The van der Waals surface area contributed by atoms with Gasteiger partial charge in [0.15, 0.2) is 0 Å². The Labute approximate surface area is 103 Å². The summed E-state index contributed by atoms with van der Waals surface area (Å²) in [6.07, 6.45) is 3.63. The zero-order chi connectivity index (χ0) is 11.8. The predicted octanol–water partition coefficient (Wildman–Crippen LogP) is 1.31. The van der Waals surface area contributed by atoms with Crippen LogP contribution in [0.1, 0.15) is 6.92 Å². The fourth-order valence-electron chi connectivity index (χ4n) is 1.48. The molecule has 0 aliphatic carbocycles. The van der Waals surface area contributed by atoms with Crippen molar-refractivity contribution < 1.29 is 8.42 Å². The van der Waals surface area contributed by atoms with Crippen molar-refractivity contribution in [3.05, 3.63) is 33.1 Å². The number of hydrogen-bond acceptors (Lipinski definition) is 5. The van der Waals surface area contributed by atoms with Gasteiger partial charge in [-0.25, -0.2) is 13.6 Å². The molecule has 0 amide bonds. The second-order valence-corrected chi connectivity index (χ2v) is 7.55. The molecule has 4 nitrogen and oxygen atoms in total. The average molecular weight is 276 g/mol. The number of rotatable bonds is 3. The van der Waals surface area contributed by atoms with E-state index in [4.69, 9.17) is 5.14 Å². The van der Waals surface area contributed by atoms with Gasteiger partial charge in [0.25, 0.3) is 0 Å². The van der Waals surface area contributed by atoms with E-state index in [1.807, 2.05) is 18.4 Å². The number of primary sulfonamides is 1. The topological polar surface area (TPSA) is 72.2 Å². The first-order chi connectivity index (χ1) is 7.52. The Morgan fingerprint density at radius 1 is 1.56 bits per heavy atom. The van der Waals surface area contributed by atoms with Crippen LogP contribution in [0.25, 0.3) is 0 Å². The summed E-state index contributed by atoms with van der Waals surface area (Å²) in [5, 5.41) is 10.3. The standard InChI is InChI=1S/C9H12N2O2S3/c1-2-11-7-3-4-14-9-6(7)5-8(15-9)16(10,12)13/h3-5,9,11H,2H2,1H3,(H2,10,12,13). The molecule has 0 spiro atoms. The Bertz CT molecular complexity index is 491. The van der Waals surface area contributed by atoms with Crippen molar-refractivity contribution in [1.82, 2.24) is 5.32 Å². The molecule has 0 aromatic heterocycles. The largest absolute Gasteiger partial charge is 0.385 e. The molecule has 88 valence electrons. The molecule has 3 N–H and O–H groups in total. The van der Waals surface area contributed by atoms with Gasteiger partial charge in [-0.3, -0.25) is 0 Å². The minimum absolute atomic E-state index is 0.104. The molecule has 1 atom stereocenters. The highest BCUT2D eigenvalue weighted by Crippen LogP contribution is 2.47. The third kappa shape index (κ3) is 2.32. The number of allylic oxidation sites excluding steroid dienone is 2. The Balaban J connectivity index is 2.39. The summed E-state index contributed by atoms with van der Waals surface area (Å²) in [5.41, 5.74) is 1.99. The van der Waals surface area contributed by atoms with E-state index in [0.717, 1.165) is 17.8 Å². The predicted molar refractivity (Wildman–Crippen MR) is 70.0 cm³/mol. The van der Waals surface area contributed by atoms with Gasteiger partial charge in [0.05, 0.1) is 4.58 Å². The first-order valence-electron chi connectivity index (χ1n) is 4.73. The third-order valence-electron chi connectivity index (χ3n) is 2.15. The number of fused-ring (bicyclic) bond motifs is 1. The maximum atomic E-state index is 11.3. The van der Waals surface area contributed by atoms with Crippen molar-refractivity contribution >= 4 is 33.5 Å². The molecule has 16 heavy (non-hydrogen) atoms. The zero-order valence-corrected chi connectivity index (χ0v) is 11.1. The quantitative estimate of drug-likeness (QED) is 0.813. The van der Waals surface area contributed by atoms with Crippen molar-refractivity contribution in [3.63, 3.8) is 0 Å². The SMILES string of the molecule is CCNC1=C2C=C(S(N)(=O)=O)SC2SC=C1. The maximum absolute atomic E-state index is 11.3. The van der Waals surface area contributed by atoms with Crippen molar-refractivity contribution in [2.75, 3.05) is 6.54 Å². The summed E-state index contributed by atoms with van der Waals surface area (Å²) in [5.74, 6) is 0. The zero-order valence-electron chi connectivity index (χ0n) is 8.64. The lowest BCUT2D eigenvalue weighted by Gasteiger charge is -2.17. The van der Waals surface area contributed by atoms with Crippen LogP contribution in [0.2, 0.25) is 0 Å². The van der Waals surface area contributed by atoms with Crippen LogP contribution in [0.5, 0.6) is 0 Å². The number of thioether (sulfide) groups is 2. The fraction of sp³-hybridized carbons (Fsp3) is 0.333. The van der Waals surface area contributed by atoms with E-state index >= 15 is 0 Å². The molecular weight excluding hydrogens is 264 g/mol. The van der Waals surface area contributed by atoms with Crippen molar-refractivity contribution in [2.45, 2.75) is 11.5 Å². The van der Waals surface area contributed by atoms with Gasteiger partial charge < -0.3 is 5.32 Å². The van der Waals surface area contributed by atoms with Crippen LogP contribution < -0.4 is 10.5 Å². The lowest BCUT2D eigenvalue weighted by Crippen LogP contribution is -2.16. The lowest BCUT2D eigenvalue weighted by molar-refractivity contribution is 0.605. The number of likely N-dealkylation sites (N-methyl/N-ethyl adjacent to an activating group) is 1. The normalized spacial score (nSPS) is 24.4. The smallest absolute Gasteiger partial charge is 0.244 e. The second-order valence-electron chi connectivity index (χ2n) is 3.30. The first-order valence-corrected chi connectivity index (χ1v) is 8.10. The average Bonchev–Trinajstić information content (AvgIpc) is 2.62. The van der Waals surface area contributed by atoms with E-state index in [0.29, 0.717) is 0 Å². The molecule has 0 fully saturated rings. The van der Waals surface area contributed by atoms with Crippen LogP contribution in [-0.2, 0) is 10.0 Å². The van der Waals surface area contributed by atoms with E-state index in [9.17, 15) is 8.42 Å². The molecular formula is C9H12N2O2S3. The van der Waals surface area contributed by atoms with E-state index in [2.05, 4.69) is 5.32 Å². The van der Waals surface area contributed by atoms with Crippen molar-refractivity contribution in [2.24, 2.45) is 5.14 Å². The van der Waals surface area contributed by atoms with Crippen LogP contribution >= 0.6 is 23.5 Å². The van der Waals surface area contributed by atoms with Gasteiger partial charge >= 0.3 is 0 Å². The summed E-state index contributed by atoms with van der Waals surface area (Å²) < 4.78 is 22.9. The molecule has 0 radical (unpaired) electrons. The van der Waals surface area contributed by atoms with E-state index in [1.165, 1.54) is 11.8 Å². The highest BCUT2D eigenvalue weighted by molar-refractivity contribution is 8.26. The third-order valence-corrected chi connectivity index (χ3v) is 6.04. The molecule has 7 heteroatoms. The van der Waals surface area contributed by atoms with Gasteiger partial charge in [-0.15, -0.1) is 11.8 Å². The van der Waals surface area contributed by atoms with E-state index in [-0.39, 0.29) is 8.82 Å². The van der Waals surface area contributed by atoms with Crippen LogP contribution in [0.3, 0.4) is 0 Å². The lowest BCUT2D eigenvalue weighted by atomic mass is 10.2. The summed E-state index contributed by atoms with van der Waals surface area (Å²) in [7, 11) is -3.58. The number of nitrogens with one attached hydrogen (secondary N) is 1. The number of sulfonamides is 1. The Morgan fingerprint density at radius 3 is 2.94 bits per heavy atom. The van der Waals surface area contributed by atoms with Crippen LogP contribution in [0.4, 0.5) is 0 Å². The molecule has 0 aromatic carbocycles. The van der Waals surface area contributed by atoms with E-state index in [1.54, 1.807) is 17.8 Å². The maximum Gasteiger partial charge on any atom is 0.244 e. The number of nitrogens with two attached hydrogens (primary N) is 1. The van der Waals surface area contributed by atoms with Crippen molar-refractivity contribution in [1.29, 1.82) is 0 Å². The Hall–Kier alpha value is -0.370. The van der Waals surface area contributed by atoms with E-state index < -0.39 is 10.0 Å². The van der Waals surface area contributed by atoms with Gasteiger partial charge in [0.1, 0.15) is 4.24 Å². The minimum atomic E-state index is -3.58. The van der Waals surface area contributed by atoms with Crippen molar-refractivity contribution in [3.8, 4) is 0 Å². The van der Waals surface area contributed by atoms with Gasteiger partial charge in [0, 0.05) is 17.8 Å². The van der Waals surface area contributed by atoms with Gasteiger partial charge in [-0.1, -0.05) is 11.8 Å². The summed E-state index contributed by atoms with van der Waals surface area (Å²) in [6.45, 7) is 2.81. The van der Waals surface area contributed by atoms with Crippen LogP contribution in [-0.4, -0.2) is 19.5 Å². The molecule has 2 aliphatic rings. The molecule has 1 unspecified atom stereocenters. The monoisotopic (exact) mass is 276 g/mol. The summed E-state index contributed by atoms with van der Waals surface area (Å²) in [6, 6.07) is 0. The highest BCUT2D eigenvalue weighted by Gasteiger charge is 2.31. The first kappa shape index (κ1) is 12.1. The number of hydrogen-bond donors (Lipinski definition) is 2. The van der Waals surface area contributed by atoms with Gasteiger partial charge in [0.2, 0.25) is 10.0 Å². The van der Waals surface area contributed by atoms with Gasteiger partial charge in [-0.05, 0) is 24.5 Å². The molecule has 0 saturated carbocycles. The molecule has 0 bridgehead atoms. The molecule has 2 aliphatic heterocycles. The highest BCUT2D eigenvalue weighted by atomic mass is 32.3. The molecule has 0 aromatic rings. The Kier molecular flexibility index (Phi) is 3.39. The minimum Gasteiger partial charge on any atom is -0.385 e.